The van der Waals surface area contributed by atoms with Crippen LogP contribution in [0.1, 0.15) is 21.5 Å². The van der Waals surface area contributed by atoms with Crippen LogP contribution in [0.25, 0.3) is 0 Å². The molecule has 0 radical (unpaired) electrons. The van der Waals surface area contributed by atoms with Gasteiger partial charge in [0, 0.05) is 15.6 Å². The molecule has 0 atom stereocenters. The van der Waals surface area contributed by atoms with Crippen LogP contribution in [0.3, 0.4) is 0 Å². The van der Waals surface area contributed by atoms with Gasteiger partial charge in [-0.15, -0.1) is 0 Å². The Labute approximate surface area is 125 Å². The Morgan fingerprint density at radius 1 is 1.30 bits per heavy atom. The highest BCUT2D eigenvalue weighted by Crippen LogP contribution is 2.15. The molecule has 0 aliphatic rings. The largest absolute Gasteiger partial charge is 0.507 e. The second-order valence-corrected chi connectivity index (χ2v) is 5.19. The number of amides is 1. The number of phenols is 1. The van der Waals surface area contributed by atoms with E-state index < -0.39 is 0 Å². The maximum Gasteiger partial charge on any atom is 0.271 e. The third-order valence-electron chi connectivity index (χ3n) is 2.64. The first-order valence-corrected chi connectivity index (χ1v) is 6.74. The Balaban J connectivity index is 2.06. The average molecular weight is 333 g/mol. The summed E-state index contributed by atoms with van der Waals surface area (Å²) in [5.41, 5.74) is 4.48. The van der Waals surface area contributed by atoms with Gasteiger partial charge in [-0.1, -0.05) is 33.6 Å². The minimum atomic E-state index is -0.310. The number of aromatic hydroxyl groups is 1. The normalized spacial score (nSPS) is 10.7. The molecule has 2 N–H and O–H groups in total. The van der Waals surface area contributed by atoms with E-state index in [9.17, 15) is 9.90 Å². The number of carbonyl (C=O) groups is 1. The summed E-state index contributed by atoms with van der Waals surface area (Å²) in [7, 11) is 0. The predicted octanol–water partition coefficient (Wildman–Crippen LogP) is 3.23. The molecule has 0 heterocycles. The number of halogens is 1. The Morgan fingerprint density at radius 2 is 2.10 bits per heavy atom. The fourth-order valence-corrected chi connectivity index (χ4v) is 2.03. The topological polar surface area (TPSA) is 61.7 Å². The third-order valence-corrected chi connectivity index (χ3v) is 3.13. The van der Waals surface area contributed by atoms with Crippen molar-refractivity contribution in [2.45, 2.75) is 6.92 Å². The van der Waals surface area contributed by atoms with Gasteiger partial charge in [-0.25, -0.2) is 5.43 Å². The molecular formula is C15H13BrN2O2. The zero-order valence-corrected chi connectivity index (χ0v) is 12.4. The minimum Gasteiger partial charge on any atom is -0.507 e. The first-order valence-electron chi connectivity index (χ1n) is 5.95. The lowest BCUT2D eigenvalue weighted by atomic mass is 10.1. The molecule has 0 fully saturated rings. The Hall–Kier alpha value is -2.14. The fraction of sp³-hybridized carbons (Fsp3) is 0.0667. The summed E-state index contributed by atoms with van der Waals surface area (Å²) in [6, 6.07) is 12.2. The van der Waals surface area contributed by atoms with Crippen molar-refractivity contribution in [3.8, 4) is 5.75 Å². The number of aryl methyl sites for hydroxylation is 1. The van der Waals surface area contributed by atoms with Crippen molar-refractivity contribution < 1.29 is 9.90 Å². The zero-order valence-electron chi connectivity index (χ0n) is 10.8. The van der Waals surface area contributed by atoms with Crippen molar-refractivity contribution in [1.82, 2.24) is 5.43 Å². The number of benzene rings is 2. The molecular weight excluding hydrogens is 320 g/mol. The van der Waals surface area contributed by atoms with Crippen LogP contribution in [-0.2, 0) is 0 Å². The first-order chi connectivity index (χ1) is 9.56. The van der Waals surface area contributed by atoms with Crippen LogP contribution in [0.15, 0.2) is 52.0 Å². The summed E-state index contributed by atoms with van der Waals surface area (Å²) < 4.78 is 0.824. The highest BCUT2D eigenvalue weighted by molar-refractivity contribution is 9.10. The van der Waals surface area contributed by atoms with Crippen LogP contribution < -0.4 is 5.43 Å². The monoisotopic (exact) mass is 332 g/mol. The number of carbonyl (C=O) groups excluding carboxylic acids is 1. The highest BCUT2D eigenvalue weighted by atomic mass is 79.9. The van der Waals surface area contributed by atoms with E-state index in [2.05, 4.69) is 26.5 Å². The summed E-state index contributed by atoms with van der Waals surface area (Å²) in [6.45, 7) is 1.91. The number of nitrogens with zero attached hydrogens (tertiary/aromatic N) is 1. The van der Waals surface area contributed by atoms with Gasteiger partial charge in [-0.3, -0.25) is 4.79 Å². The molecule has 1 amide bonds. The molecule has 0 bridgehead atoms. The third kappa shape index (κ3) is 3.68. The summed E-state index contributed by atoms with van der Waals surface area (Å²) in [5, 5.41) is 13.5. The predicted molar refractivity (Wildman–Crippen MR) is 82.0 cm³/mol. The van der Waals surface area contributed by atoms with Gasteiger partial charge in [-0.05, 0) is 37.3 Å². The number of phenolic OH excluding ortho intramolecular Hbond substituents is 1. The average Bonchev–Trinajstić information content (AvgIpc) is 2.42. The standard InChI is InChI=1S/C15H13BrN2O2/c1-10-5-6-14(19)12(7-10)9-17-18-15(20)11-3-2-4-13(16)8-11/h2-9,19H,1H3,(H,18,20)/b17-9+. The summed E-state index contributed by atoms with van der Waals surface area (Å²) in [5.74, 6) is -0.189. The van der Waals surface area contributed by atoms with E-state index in [1.807, 2.05) is 13.0 Å². The fourth-order valence-electron chi connectivity index (χ4n) is 1.63. The van der Waals surface area contributed by atoms with E-state index >= 15 is 0 Å². The number of hydrogen-bond donors (Lipinski definition) is 2. The van der Waals surface area contributed by atoms with E-state index in [-0.39, 0.29) is 11.7 Å². The lowest BCUT2D eigenvalue weighted by molar-refractivity contribution is 0.0955. The number of rotatable bonds is 3. The van der Waals surface area contributed by atoms with Crippen LogP contribution in [0.5, 0.6) is 5.75 Å². The molecule has 0 spiro atoms. The second-order valence-electron chi connectivity index (χ2n) is 4.27. The molecule has 4 nitrogen and oxygen atoms in total. The van der Waals surface area contributed by atoms with E-state index in [0.29, 0.717) is 11.1 Å². The second kappa shape index (κ2) is 6.34. The molecule has 2 aromatic rings. The van der Waals surface area contributed by atoms with Crippen molar-refractivity contribution in [3.05, 3.63) is 63.6 Å². The van der Waals surface area contributed by atoms with Crippen molar-refractivity contribution in [2.24, 2.45) is 5.10 Å². The van der Waals surface area contributed by atoms with Crippen LogP contribution in [-0.4, -0.2) is 17.2 Å². The molecule has 0 aliphatic carbocycles. The van der Waals surface area contributed by atoms with E-state index in [0.717, 1.165) is 10.0 Å². The summed E-state index contributed by atoms with van der Waals surface area (Å²) in [6.07, 6.45) is 1.41. The van der Waals surface area contributed by atoms with Gasteiger partial charge < -0.3 is 5.11 Å². The van der Waals surface area contributed by atoms with Crippen molar-refractivity contribution >= 4 is 28.1 Å². The minimum absolute atomic E-state index is 0.121. The number of nitrogens with one attached hydrogen (secondary N) is 1. The van der Waals surface area contributed by atoms with Crippen LogP contribution >= 0.6 is 15.9 Å². The Morgan fingerprint density at radius 3 is 2.85 bits per heavy atom. The number of hydrogen-bond acceptors (Lipinski definition) is 3. The van der Waals surface area contributed by atoms with Crippen molar-refractivity contribution in [3.63, 3.8) is 0 Å². The zero-order chi connectivity index (χ0) is 14.5. The van der Waals surface area contributed by atoms with E-state index in [1.54, 1.807) is 36.4 Å². The maximum absolute atomic E-state index is 11.8. The molecule has 0 saturated carbocycles. The van der Waals surface area contributed by atoms with Crippen molar-refractivity contribution in [1.29, 1.82) is 0 Å². The number of hydrazone groups is 1. The summed E-state index contributed by atoms with van der Waals surface area (Å²) in [4.78, 5) is 11.8. The summed E-state index contributed by atoms with van der Waals surface area (Å²) >= 11 is 3.30. The van der Waals surface area contributed by atoms with Gasteiger partial charge in [0.25, 0.3) is 5.91 Å². The van der Waals surface area contributed by atoms with Gasteiger partial charge in [0.05, 0.1) is 6.21 Å². The van der Waals surface area contributed by atoms with E-state index in [1.165, 1.54) is 6.21 Å². The van der Waals surface area contributed by atoms with Gasteiger partial charge in [-0.2, -0.15) is 5.10 Å². The smallest absolute Gasteiger partial charge is 0.271 e. The molecule has 0 aliphatic heterocycles. The molecule has 20 heavy (non-hydrogen) atoms. The molecule has 0 unspecified atom stereocenters. The van der Waals surface area contributed by atoms with Gasteiger partial charge in [0.1, 0.15) is 5.75 Å². The van der Waals surface area contributed by atoms with Crippen molar-refractivity contribution in [2.75, 3.05) is 0 Å². The molecule has 2 rings (SSSR count). The molecule has 2 aromatic carbocycles. The molecule has 0 aromatic heterocycles. The van der Waals surface area contributed by atoms with Crippen LogP contribution in [0.4, 0.5) is 0 Å². The maximum atomic E-state index is 11.8. The van der Waals surface area contributed by atoms with Gasteiger partial charge in [0.2, 0.25) is 0 Å². The molecule has 102 valence electrons. The van der Waals surface area contributed by atoms with Crippen LogP contribution in [0.2, 0.25) is 0 Å². The quantitative estimate of drug-likeness (QED) is 0.669. The Bertz CT molecular complexity index is 669. The lowest BCUT2D eigenvalue weighted by Crippen LogP contribution is -2.17. The van der Waals surface area contributed by atoms with Crippen LogP contribution in [0, 0.1) is 6.92 Å². The first kappa shape index (κ1) is 14.3. The molecule has 5 heteroatoms. The van der Waals surface area contributed by atoms with Gasteiger partial charge >= 0.3 is 0 Å². The SMILES string of the molecule is Cc1ccc(O)c(/C=N/NC(=O)c2cccc(Br)c2)c1. The van der Waals surface area contributed by atoms with E-state index in [4.69, 9.17) is 0 Å². The highest BCUT2D eigenvalue weighted by Gasteiger charge is 2.04. The lowest BCUT2D eigenvalue weighted by Gasteiger charge is -2.02. The van der Waals surface area contributed by atoms with Gasteiger partial charge in [0.15, 0.2) is 0 Å². The Kier molecular flexibility index (Phi) is 4.53. The molecule has 0 saturated heterocycles.